The predicted molar refractivity (Wildman–Crippen MR) is 62.7 cm³/mol. The van der Waals surface area contributed by atoms with Gasteiger partial charge in [-0.3, -0.25) is 4.79 Å². The number of nitrogens with one attached hydrogen (secondary N) is 1. The molecule has 1 N–H and O–H groups in total. The minimum Gasteiger partial charge on any atom is -0.337 e. The molecular weight excluding hydrogens is 188 g/mol. The van der Waals surface area contributed by atoms with Gasteiger partial charge in [0.1, 0.15) is 0 Å². The molecule has 3 heteroatoms. The lowest BCUT2D eigenvalue weighted by atomic mass is 9.98. The van der Waals surface area contributed by atoms with Crippen LogP contribution in [-0.2, 0) is 4.79 Å². The zero-order chi connectivity index (χ0) is 11.4. The Balaban J connectivity index is 2.67. The number of rotatable bonds is 3. The molecule has 15 heavy (non-hydrogen) atoms. The molecule has 0 bridgehead atoms. The highest BCUT2D eigenvalue weighted by Gasteiger charge is 2.30. The average Bonchev–Trinajstić information content (AvgIpc) is 2.27. The molecule has 1 aliphatic heterocycles. The third kappa shape index (κ3) is 2.94. The van der Waals surface area contributed by atoms with Gasteiger partial charge in [-0.2, -0.15) is 0 Å². The number of nitrogens with zero attached hydrogens (tertiary/aromatic N) is 1. The van der Waals surface area contributed by atoms with Crippen molar-refractivity contribution < 1.29 is 4.79 Å². The van der Waals surface area contributed by atoms with Crippen molar-refractivity contribution in [2.24, 2.45) is 11.8 Å². The molecule has 0 aromatic carbocycles. The van der Waals surface area contributed by atoms with Crippen molar-refractivity contribution in [2.75, 3.05) is 19.6 Å². The molecule has 3 nitrogen and oxygen atoms in total. The van der Waals surface area contributed by atoms with E-state index in [-0.39, 0.29) is 5.92 Å². The summed E-state index contributed by atoms with van der Waals surface area (Å²) in [6, 6.07) is 0.375. The van der Waals surface area contributed by atoms with Gasteiger partial charge in [0.15, 0.2) is 0 Å². The van der Waals surface area contributed by atoms with Crippen LogP contribution in [0.1, 0.15) is 34.1 Å². The third-order valence-corrected chi connectivity index (χ3v) is 3.37. The molecule has 0 spiro atoms. The Bertz CT molecular complexity index is 216. The maximum atomic E-state index is 12.1. The first kappa shape index (κ1) is 12.5. The van der Waals surface area contributed by atoms with E-state index in [9.17, 15) is 4.79 Å². The minimum absolute atomic E-state index is 0.171. The lowest BCUT2D eigenvalue weighted by Gasteiger charge is -2.40. The van der Waals surface area contributed by atoms with Crippen LogP contribution in [-0.4, -0.2) is 36.5 Å². The first-order valence-electron chi connectivity index (χ1n) is 6.09. The van der Waals surface area contributed by atoms with Crippen molar-refractivity contribution in [3.63, 3.8) is 0 Å². The van der Waals surface area contributed by atoms with Crippen LogP contribution in [0, 0.1) is 11.8 Å². The number of amides is 1. The smallest absolute Gasteiger partial charge is 0.225 e. The summed E-state index contributed by atoms with van der Waals surface area (Å²) in [6.07, 6.45) is 0.938. The lowest BCUT2D eigenvalue weighted by molar-refractivity contribution is -0.139. The summed E-state index contributed by atoms with van der Waals surface area (Å²) >= 11 is 0. The monoisotopic (exact) mass is 212 g/mol. The zero-order valence-electron chi connectivity index (χ0n) is 10.4. The van der Waals surface area contributed by atoms with Crippen molar-refractivity contribution in [3.8, 4) is 0 Å². The van der Waals surface area contributed by atoms with Crippen LogP contribution in [0.2, 0.25) is 0 Å². The number of carbonyl (C=O) groups is 1. The van der Waals surface area contributed by atoms with E-state index in [2.05, 4.69) is 31.0 Å². The van der Waals surface area contributed by atoms with Gasteiger partial charge in [-0.1, -0.05) is 27.7 Å². The van der Waals surface area contributed by atoms with E-state index in [0.717, 1.165) is 26.1 Å². The Kier molecular flexibility index (Phi) is 4.58. The fourth-order valence-electron chi connectivity index (χ4n) is 2.05. The maximum absolute atomic E-state index is 12.1. The van der Waals surface area contributed by atoms with Gasteiger partial charge in [0.2, 0.25) is 5.91 Å². The van der Waals surface area contributed by atoms with E-state index < -0.39 is 0 Å². The molecule has 0 saturated carbocycles. The highest BCUT2D eigenvalue weighted by molar-refractivity contribution is 5.79. The molecule has 0 aromatic rings. The van der Waals surface area contributed by atoms with Gasteiger partial charge in [0, 0.05) is 31.6 Å². The highest BCUT2D eigenvalue weighted by atomic mass is 16.2. The second-order valence-corrected chi connectivity index (χ2v) is 4.86. The van der Waals surface area contributed by atoms with Crippen LogP contribution in [0.5, 0.6) is 0 Å². The summed E-state index contributed by atoms with van der Waals surface area (Å²) in [5, 5.41) is 3.36. The van der Waals surface area contributed by atoms with Crippen molar-refractivity contribution in [2.45, 2.75) is 40.2 Å². The number of carbonyl (C=O) groups excluding carboxylic acids is 1. The van der Waals surface area contributed by atoms with Crippen LogP contribution in [0.25, 0.3) is 0 Å². The van der Waals surface area contributed by atoms with Crippen molar-refractivity contribution in [1.29, 1.82) is 0 Å². The summed E-state index contributed by atoms with van der Waals surface area (Å²) in [6.45, 7) is 11.2. The molecule has 1 heterocycles. The summed E-state index contributed by atoms with van der Waals surface area (Å²) in [5.74, 6) is 1.04. The number of piperazine rings is 1. The van der Waals surface area contributed by atoms with Gasteiger partial charge in [-0.25, -0.2) is 0 Å². The summed E-state index contributed by atoms with van der Waals surface area (Å²) in [5.41, 5.74) is 0. The van der Waals surface area contributed by atoms with Gasteiger partial charge >= 0.3 is 0 Å². The number of hydrogen-bond donors (Lipinski definition) is 1. The molecule has 0 aromatic heterocycles. The Hall–Kier alpha value is -0.570. The fraction of sp³-hybridized carbons (Fsp3) is 0.917. The molecule has 1 rings (SSSR count). The minimum atomic E-state index is 0.171. The van der Waals surface area contributed by atoms with Crippen LogP contribution in [0.15, 0.2) is 0 Å². The Morgan fingerprint density at radius 2 is 2.13 bits per heavy atom. The van der Waals surface area contributed by atoms with Crippen LogP contribution >= 0.6 is 0 Å². The maximum Gasteiger partial charge on any atom is 0.225 e. The molecule has 1 fully saturated rings. The summed E-state index contributed by atoms with van der Waals surface area (Å²) < 4.78 is 0. The Labute approximate surface area is 93.2 Å². The van der Waals surface area contributed by atoms with E-state index in [1.807, 2.05) is 6.92 Å². The topological polar surface area (TPSA) is 32.3 Å². The molecule has 0 aliphatic carbocycles. The van der Waals surface area contributed by atoms with Gasteiger partial charge in [-0.05, 0) is 12.3 Å². The molecular formula is C12H24N2O. The molecule has 1 aliphatic rings. The molecule has 1 amide bonds. The van der Waals surface area contributed by atoms with Gasteiger partial charge < -0.3 is 10.2 Å². The number of hydrogen-bond acceptors (Lipinski definition) is 2. The van der Waals surface area contributed by atoms with E-state index in [1.165, 1.54) is 0 Å². The molecule has 0 radical (unpaired) electrons. The van der Waals surface area contributed by atoms with Crippen LogP contribution in [0.4, 0.5) is 0 Å². The molecule has 2 atom stereocenters. The first-order chi connectivity index (χ1) is 7.07. The normalized spacial score (nSPS) is 24.3. The standard InChI is InChI=1S/C12H24N2O/c1-5-10(4)12(15)14-7-6-13-8-11(14)9(2)3/h9-11,13H,5-8H2,1-4H3/t10?,11-/m0/s1. The van der Waals surface area contributed by atoms with E-state index in [0.29, 0.717) is 17.9 Å². The fourth-order valence-corrected chi connectivity index (χ4v) is 2.05. The zero-order valence-corrected chi connectivity index (χ0v) is 10.4. The SMILES string of the molecule is CCC(C)C(=O)N1CCNC[C@H]1C(C)C. The lowest BCUT2D eigenvalue weighted by Crippen LogP contribution is -2.56. The predicted octanol–water partition coefficient (Wildman–Crippen LogP) is 1.49. The van der Waals surface area contributed by atoms with E-state index in [4.69, 9.17) is 0 Å². The first-order valence-corrected chi connectivity index (χ1v) is 6.09. The summed E-state index contributed by atoms with van der Waals surface area (Å²) in [7, 11) is 0. The van der Waals surface area contributed by atoms with Gasteiger partial charge in [0.25, 0.3) is 0 Å². The highest BCUT2D eigenvalue weighted by Crippen LogP contribution is 2.17. The van der Waals surface area contributed by atoms with Crippen molar-refractivity contribution in [3.05, 3.63) is 0 Å². The van der Waals surface area contributed by atoms with Crippen molar-refractivity contribution in [1.82, 2.24) is 10.2 Å². The van der Waals surface area contributed by atoms with E-state index >= 15 is 0 Å². The Morgan fingerprint density at radius 1 is 1.47 bits per heavy atom. The summed E-state index contributed by atoms with van der Waals surface area (Å²) in [4.78, 5) is 14.2. The van der Waals surface area contributed by atoms with Crippen LogP contribution < -0.4 is 5.32 Å². The van der Waals surface area contributed by atoms with Gasteiger partial charge in [-0.15, -0.1) is 0 Å². The molecule has 1 saturated heterocycles. The van der Waals surface area contributed by atoms with Gasteiger partial charge in [0.05, 0.1) is 0 Å². The quantitative estimate of drug-likeness (QED) is 0.768. The second kappa shape index (κ2) is 5.50. The van der Waals surface area contributed by atoms with Crippen LogP contribution in [0.3, 0.4) is 0 Å². The Morgan fingerprint density at radius 3 is 2.67 bits per heavy atom. The average molecular weight is 212 g/mol. The third-order valence-electron chi connectivity index (χ3n) is 3.37. The molecule has 1 unspecified atom stereocenters. The van der Waals surface area contributed by atoms with E-state index in [1.54, 1.807) is 0 Å². The second-order valence-electron chi connectivity index (χ2n) is 4.86. The largest absolute Gasteiger partial charge is 0.337 e. The van der Waals surface area contributed by atoms with Crippen molar-refractivity contribution >= 4 is 5.91 Å². The molecule has 88 valence electrons.